The lowest BCUT2D eigenvalue weighted by molar-refractivity contribution is -0.384. The lowest BCUT2D eigenvalue weighted by Crippen LogP contribution is -2.37. The molecular weight excluding hydrogens is 585 g/mol. The molecule has 11 heteroatoms. The summed E-state index contributed by atoms with van der Waals surface area (Å²) in [6, 6.07) is 14.3. The summed E-state index contributed by atoms with van der Waals surface area (Å²) in [6.45, 7) is 5.76. The Hall–Kier alpha value is -3.14. The second-order valence-electron chi connectivity index (χ2n) is 9.28. The maximum Gasteiger partial charge on any atom is 0.313 e. The largest absolute Gasteiger partial charge is 0.457 e. The van der Waals surface area contributed by atoms with Crippen molar-refractivity contribution < 1.29 is 19.2 Å². The van der Waals surface area contributed by atoms with Crippen LogP contribution in [0.3, 0.4) is 0 Å². The molecule has 0 heterocycles. The number of hydrogen-bond donors (Lipinski definition) is 1. The molecule has 0 saturated heterocycles. The number of nitro groups is 1. The molecular formula is C26H24BrCl2N3O5. The van der Waals surface area contributed by atoms with Crippen molar-refractivity contribution in [2.24, 2.45) is 0 Å². The number of nitrogens with one attached hydrogen (secondary N) is 1. The molecule has 0 aliphatic heterocycles. The van der Waals surface area contributed by atoms with Crippen molar-refractivity contribution in [3.05, 3.63) is 90.4 Å². The Balaban J connectivity index is 1.81. The third kappa shape index (κ3) is 7.21. The number of nitro benzene ring substituents is 1. The van der Waals surface area contributed by atoms with E-state index in [2.05, 4.69) is 21.2 Å². The van der Waals surface area contributed by atoms with Crippen LogP contribution in [0.1, 0.15) is 31.9 Å². The highest BCUT2D eigenvalue weighted by atomic mass is 79.9. The normalized spacial score (nSPS) is 11.1. The summed E-state index contributed by atoms with van der Waals surface area (Å²) in [5, 5.41) is 14.5. The fraction of sp³-hybridized carbons (Fsp3) is 0.231. The zero-order valence-corrected chi connectivity index (χ0v) is 23.6. The zero-order chi connectivity index (χ0) is 27.5. The van der Waals surface area contributed by atoms with Gasteiger partial charge in [-0.3, -0.25) is 19.7 Å². The molecule has 0 atom stereocenters. The van der Waals surface area contributed by atoms with Gasteiger partial charge >= 0.3 is 11.8 Å². The Bertz CT molecular complexity index is 1370. The molecule has 1 N–H and O–H groups in total. The topological polar surface area (TPSA) is 102 Å². The maximum absolute atomic E-state index is 12.9. The Labute approximate surface area is 232 Å². The molecule has 3 rings (SSSR count). The number of ether oxygens (including phenoxy) is 1. The summed E-state index contributed by atoms with van der Waals surface area (Å²) in [5.74, 6) is -0.852. The zero-order valence-electron chi connectivity index (χ0n) is 20.5. The van der Waals surface area contributed by atoms with E-state index in [-0.39, 0.29) is 17.9 Å². The standard InChI is InChI=1S/C26H24BrCl2N3O5/c1-26(2,3)19-9-7-17(32(35)36)12-22(19)30-24(33)25(34)31(4)14-15-5-6-16(27)11-23(15)37-18-8-10-20(28)21(29)13-18/h5-13H,14H2,1-4H3,(H,30,33). The van der Waals surface area contributed by atoms with Crippen LogP contribution in [-0.4, -0.2) is 28.7 Å². The van der Waals surface area contributed by atoms with Crippen LogP contribution in [0.15, 0.2) is 59.1 Å². The number of amides is 2. The number of rotatable bonds is 6. The van der Waals surface area contributed by atoms with Crippen LogP contribution >= 0.6 is 39.1 Å². The van der Waals surface area contributed by atoms with E-state index in [0.29, 0.717) is 32.7 Å². The van der Waals surface area contributed by atoms with Gasteiger partial charge in [0.15, 0.2) is 0 Å². The number of carbonyl (C=O) groups excluding carboxylic acids is 2. The van der Waals surface area contributed by atoms with E-state index < -0.39 is 22.2 Å². The number of anilines is 1. The Morgan fingerprint density at radius 2 is 1.76 bits per heavy atom. The van der Waals surface area contributed by atoms with Crippen molar-refractivity contribution >= 4 is 62.3 Å². The summed E-state index contributed by atoms with van der Waals surface area (Å²) in [5.41, 5.74) is 0.876. The van der Waals surface area contributed by atoms with Crippen LogP contribution < -0.4 is 10.1 Å². The van der Waals surface area contributed by atoms with Gasteiger partial charge in [0.2, 0.25) is 0 Å². The van der Waals surface area contributed by atoms with E-state index in [0.717, 1.165) is 4.47 Å². The monoisotopic (exact) mass is 607 g/mol. The highest BCUT2D eigenvalue weighted by molar-refractivity contribution is 9.10. The smallest absolute Gasteiger partial charge is 0.313 e. The van der Waals surface area contributed by atoms with Gasteiger partial charge in [-0.1, -0.05) is 66.0 Å². The molecule has 0 aromatic heterocycles. The van der Waals surface area contributed by atoms with Gasteiger partial charge in [-0.25, -0.2) is 0 Å². The third-order valence-corrected chi connectivity index (χ3v) is 6.60. The molecule has 0 radical (unpaired) electrons. The molecule has 37 heavy (non-hydrogen) atoms. The maximum atomic E-state index is 12.9. The predicted octanol–water partition coefficient (Wildman–Crippen LogP) is 7.35. The predicted molar refractivity (Wildman–Crippen MR) is 148 cm³/mol. The van der Waals surface area contributed by atoms with E-state index >= 15 is 0 Å². The van der Waals surface area contributed by atoms with Gasteiger partial charge in [-0.15, -0.1) is 0 Å². The first-order valence-corrected chi connectivity index (χ1v) is 12.6. The van der Waals surface area contributed by atoms with Crippen LogP contribution in [0.4, 0.5) is 11.4 Å². The number of likely N-dealkylation sites (N-methyl/N-ethyl adjacent to an activating group) is 1. The summed E-state index contributed by atoms with van der Waals surface area (Å²) >= 11 is 15.5. The molecule has 0 saturated carbocycles. The first-order chi connectivity index (χ1) is 17.3. The van der Waals surface area contributed by atoms with Crippen molar-refractivity contribution in [1.82, 2.24) is 4.90 Å². The number of benzene rings is 3. The van der Waals surface area contributed by atoms with Crippen molar-refractivity contribution in [2.45, 2.75) is 32.7 Å². The van der Waals surface area contributed by atoms with Crippen LogP contribution in [0.2, 0.25) is 10.0 Å². The van der Waals surface area contributed by atoms with Crippen molar-refractivity contribution in [3.63, 3.8) is 0 Å². The van der Waals surface area contributed by atoms with E-state index in [1.54, 1.807) is 42.5 Å². The minimum atomic E-state index is -0.919. The first kappa shape index (κ1) is 28.4. The fourth-order valence-corrected chi connectivity index (χ4v) is 4.13. The molecule has 3 aromatic rings. The molecule has 3 aromatic carbocycles. The molecule has 194 valence electrons. The quantitative estimate of drug-likeness (QED) is 0.179. The van der Waals surface area contributed by atoms with Crippen molar-refractivity contribution in [3.8, 4) is 11.5 Å². The second-order valence-corrected chi connectivity index (χ2v) is 11.0. The summed E-state index contributed by atoms with van der Waals surface area (Å²) in [4.78, 5) is 37.7. The number of halogens is 3. The van der Waals surface area contributed by atoms with Gasteiger partial charge in [0.25, 0.3) is 5.69 Å². The number of non-ortho nitro benzene ring substituents is 1. The number of carbonyl (C=O) groups is 2. The number of hydrogen-bond acceptors (Lipinski definition) is 5. The van der Waals surface area contributed by atoms with Gasteiger partial charge in [0.05, 0.1) is 20.7 Å². The van der Waals surface area contributed by atoms with E-state index in [1.807, 2.05) is 20.8 Å². The molecule has 0 bridgehead atoms. The summed E-state index contributed by atoms with van der Waals surface area (Å²) in [6.07, 6.45) is 0. The molecule has 0 fully saturated rings. The van der Waals surface area contributed by atoms with Gasteiger partial charge in [-0.05, 0) is 41.3 Å². The molecule has 0 aliphatic rings. The van der Waals surface area contributed by atoms with Gasteiger partial charge in [0.1, 0.15) is 11.5 Å². The molecule has 0 aliphatic carbocycles. The average molecular weight is 609 g/mol. The van der Waals surface area contributed by atoms with Crippen LogP contribution in [0, 0.1) is 10.1 Å². The lowest BCUT2D eigenvalue weighted by Gasteiger charge is -2.24. The Kier molecular flexibility index (Phi) is 8.84. The number of nitrogens with zero attached hydrogens (tertiary/aromatic N) is 2. The lowest BCUT2D eigenvalue weighted by atomic mass is 9.85. The minimum Gasteiger partial charge on any atom is -0.457 e. The fourth-order valence-electron chi connectivity index (χ4n) is 3.50. The highest BCUT2D eigenvalue weighted by Gasteiger charge is 2.26. The molecule has 0 spiro atoms. The van der Waals surface area contributed by atoms with Gasteiger partial charge in [0, 0.05) is 41.8 Å². The SMILES string of the molecule is CN(Cc1ccc(Br)cc1Oc1ccc(Cl)c(Cl)c1)C(=O)C(=O)Nc1cc([N+](=O)[O-])ccc1C(C)(C)C. The van der Waals surface area contributed by atoms with E-state index in [4.69, 9.17) is 27.9 Å². The summed E-state index contributed by atoms with van der Waals surface area (Å²) < 4.78 is 6.72. The second kappa shape index (κ2) is 11.5. The third-order valence-electron chi connectivity index (χ3n) is 5.37. The summed E-state index contributed by atoms with van der Waals surface area (Å²) in [7, 11) is 1.48. The van der Waals surface area contributed by atoms with E-state index in [9.17, 15) is 19.7 Å². The molecule has 8 nitrogen and oxygen atoms in total. The highest BCUT2D eigenvalue weighted by Crippen LogP contribution is 2.34. The first-order valence-electron chi connectivity index (χ1n) is 11.0. The van der Waals surface area contributed by atoms with E-state index in [1.165, 1.54) is 24.1 Å². The Morgan fingerprint density at radius 3 is 2.38 bits per heavy atom. The van der Waals surface area contributed by atoms with Crippen LogP contribution in [-0.2, 0) is 21.5 Å². The van der Waals surface area contributed by atoms with Crippen molar-refractivity contribution in [1.29, 1.82) is 0 Å². The van der Waals surface area contributed by atoms with Crippen LogP contribution in [0.5, 0.6) is 11.5 Å². The van der Waals surface area contributed by atoms with Crippen LogP contribution in [0.25, 0.3) is 0 Å². The minimum absolute atomic E-state index is 0.0528. The molecule has 0 unspecified atom stereocenters. The molecule has 2 amide bonds. The van der Waals surface area contributed by atoms with Crippen molar-refractivity contribution in [2.75, 3.05) is 12.4 Å². The van der Waals surface area contributed by atoms with Gasteiger partial charge < -0.3 is 15.0 Å². The van der Waals surface area contributed by atoms with Gasteiger partial charge in [-0.2, -0.15) is 0 Å². The average Bonchev–Trinajstić information content (AvgIpc) is 2.81. The Morgan fingerprint density at radius 1 is 1.05 bits per heavy atom.